The molecule has 0 atom stereocenters. The molecular weight excluding hydrogens is 313 g/mol. The summed E-state index contributed by atoms with van der Waals surface area (Å²) < 4.78 is 16.1. The molecule has 0 aliphatic carbocycles. The topological polar surface area (TPSA) is 43.6 Å². The maximum atomic E-state index is 6.20. The highest BCUT2D eigenvalue weighted by Gasteiger charge is 2.11. The Kier molecular flexibility index (Phi) is 7.43. The van der Waals surface area contributed by atoms with Gasteiger partial charge in [-0.2, -0.15) is 0 Å². The first-order valence-corrected chi connectivity index (χ1v) is 6.84. The largest absolute Gasteiger partial charge is 1.00 e. The van der Waals surface area contributed by atoms with Crippen molar-refractivity contribution in [3.8, 4) is 11.5 Å². The monoisotopic (exact) mass is 330 g/mol. The van der Waals surface area contributed by atoms with Crippen LogP contribution in [0.5, 0.6) is 11.5 Å². The van der Waals surface area contributed by atoms with Crippen LogP contribution in [0.15, 0.2) is 34.9 Å². The van der Waals surface area contributed by atoms with Gasteiger partial charge in [0.2, 0.25) is 0 Å². The summed E-state index contributed by atoms with van der Waals surface area (Å²) in [5, 5.41) is 3.84. The van der Waals surface area contributed by atoms with Crippen molar-refractivity contribution in [2.45, 2.75) is 20.0 Å². The van der Waals surface area contributed by atoms with Gasteiger partial charge < -0.3 is 31.6 Å². The van der Waals surface area contributed by atoms with Gasteiger partial charge >= 0.3 is 0 Å². The van der Waals surface area contributed by atoms with E-state index in [2.05, 4.69) is 5.32 Å². The number of hydrogen-bond donors (Lipinski definition) is 1. The van der Waals surface area contributed by atoms with Gasteiger partial charge in [-0.05, 0) is 36.8 Å². The van der Waals surface area contributed by atoms with Crippen molar-refractivity contribution in [1.29, 1.82) is 0 Å². The number of halogens is 2. The first-order valence-electron chi connectivity index (χ1n) is 6.47. The van der Waals surface area contributed by atoms with E-state index in [9.17, 15) is 0 Å². The van der Waals surface area contributed by atoms with Gasteiger partial charge in [0, 0.05) is 6.54 Å². The minimum Gasteiger partial charge on any atom is -1.00 e. The van der Waals surface area contributed by atoms with Crippen molar-refractivity contribution in [2.24, 2.45) is 0 Å². The molecule has 6 heteroatoms. The van der Waals surface area contributed by atoms with E-state index >= 15 is 0 Å². The lowest BCUT2D eigenvalue weighted by atomic mass is 10.2. The molecule has 0 radical (unpaired) electrons. The maximum Gasteiger partial charge on any atom is 0.179 e. The molecule has 0 amide bonds. The van der Waals surface area contributed by atoms with E-state index < -0.39 is 0 Å². The zero-order valence-electron chi connectivity index (χ0n) is 12.0. The highest BCUT2D eigenvalue weighted by atomic mass is 35.5. The molecule has 0 saturated carbocycles. The van der Waals surface area contributed by atoms with Crippen molar-refractivity contribution >= 4 is 11.6 Å². The van der Waals surface area contributed by atoms with E-state index in [1.807, 2.05) is 31.2 Å². The molecule has 1 N–H and O–H groups in total. The molecule has 4 nitrogen and oxygen atoms in total. The molecule has 1 heterocycles. The molecule has 1 aromatic carbocycles. The molecule has 0 aliphatic heterocycles. The van der Waals surface area contributed by atoms with E-state index in [0.29, 0.717) is 36.2 Å². The summed E-state index contributed by atoms with van der Waals surface area (Å²) in [5.74, 6) is 2.13. The van der Waals surface area contributed by atoms with Crippen LogP contribution in [0.25, 0.3) is 0 Å². The summed E-state index contributed by atoms with van der Waals surface area (Å²) in [4.78, 5) is 0. The SMILES string of the molecule is CCOc1cc(CNCc2ccco2)cc(Cl)c1OC.[Cl-]. The minimum absolute atomic E-state index is 0. The standard InChI is InChI=1S/C15H18ClNO3.ClH/c1-3-19-14-8-11(7-13(16)15(14)18-2)9-17-10-12-5-4-6-20-12;/h4-8,17H,3,9-10H2,1-2H3;1H/p-1. The summed E-state index contributed by atoms with van der Waals surface area (Å²) in [7, 11) is 1.58. The summed E-state index contributed by atoms with van der Waals surface area (Å²) in [6.45, 7) is 3.83. The molecule has 21 heavy (non-hydrogen) atoms. The lowest BCUT2D eigenvalue weighted by Gasteiger charge is -2.13. The predicted octanol–water partition coefficient (Wildman–Crippen LogP) is 0.634. The third kappa shape index (κ3) is 4.84. The number of benzene rings is 1. The minimum atomic E-state index is 0. The van der Waals surface area contributed by atoms with Gasteiger partial charge in [-0.15, -0.1) is 0 Å². The highest BCUT2D eigenvalue weighted by Crippen LogP contribution is 2.36. The molecule has 0 spiro atoms. The van der Waals surface area contributed by atoms with Gasteiger partial charge in [0.15, 0.2) is 11.5 Å². The zero-order chi connectivity index (χ0) is 14.4. The van der Waals surface area contributed by atoms with Crippen molar-refractivity contribution in [2.75, 3.05) is 13.7 Å². The fourth-order valence-electron chi connectivity index (χ4n) is 1.93. The summed E-state index contributed by atoms with van der Waals surface area (Å²) >= 11 is 6.20. The van der Waals surface area contributed by atoms with E-state index in [1.54, 1.807) is 13.4 Å². The molecule has 0 aliphatic rings. The Labute approximate surface area is 135 Å². The first-order chi connectivity index (χ1) is 9.74. The summed E-state index contributed by atoms with van der Waals surface area (Å²) in [5.41, 5.74) is 1.03. The van der Waals surface area contributed by atoms with Crippen LogP contribution in [0.2, 0.25) is 5.02 Å². The van der Waals surface area contributed by atoms with Gasteiger partial charge in [0.1, 0.15) is 5.76 Å². The molecule has 2 aromatic rings. The number of furan rings is 1. The van der Waals surface area contributed by atoms with Crippen molar-refractivity contribution in [1.82, 2.24) is 5.32 Å². The third-order valence-corrected chi connectivity index (χ3v) is 3.06. The number of ether oxygens (including phenoxy) is 2. The Morgan fingerprint density at radius 3 is 2.71 bits per heavy atom. The maximum absolute atomic E-state index is 6.20. The van der Waals surface area contributed by atoms with E-state index in [-0.39, 0.29) is 12.4 Å². The highest BCUT2D eigenvalue weighted by molar-refractivity contribution is 6.32. The first kappa shape index (κ1) is 17.7. The van der Waals surface area contributed by atoms with Crippen LogP contribution in [0.1, 0.15) is 18.2 Å². The van der Waals surface area contributed by atoms with Crippen LogP contribution >= 0.6 is 11.6 Å². The number of nitrogens with one attached hydrogen (secondary N) is 1. The van der Waals surface area contributed by atoms with Crippen LogP contribution in [0.3, 0.4) is 0 Å². The van der Waals surface area contributed by atoms with Crippen molar-refractivity contribution < 1.29 is 26.3 Å². The molecule has 2 rings (SSSR count). The normalized spacial score (nSPS) is 10.0. The molecule has 0 saturated heterocycles. The molecule has 0 unspecified atom stereocenters. The van der Waals surface area contributed by atoms with E-state index in [4.69, 9.17) is 25.5 Å². The van der Waals surface area contributed by atoms with Gasteiger partial charge in [-0.25, -0.2) is 0 Å². The quantitative estimate of drug-likeness (QED) is 0.809. The fraction of sp³-hybridized carbons (Fsp3) is 0.333. The Morgan fingerprint density at radius 1 is 1.29 bits per heavy atom. The molecule has 1 aromatic heterocycles. The second kappa shape index (κ2) is 8.82. The Bertz CT molecular complexity index is 544. The average Bonchev–Trinajstić information content (AvgIpc) is 2.92. The second-order valence-corrected chi connectivity index (χ2v) is 4.63. The van der Waals surface area contributed by atoms with Gasteiger partial charge in [0.25, 0.3) is 0 Å². The Balaban J connectivity index is 0.00000220. The Hall–Kier alpha value is -1.36. The second-order valence-electron chi connectivity index (χ2n) is 4.22. The Morgan fingerprint density at radius 2 is 2.10 bits per heavy atom. The predicted molar refractivity (Wildman–Crippen MR) is 78.4 cm³/mol. The van der Waals surface area contributed by atoms with Gasteiger partial charge in [-0.3, -0.25) is 0 Å². The molecule has 0 fully saturated rings. The van der Waals surface area contributed by atoms with Crippen LogP contribution in [-0.4, -0.2) is 13.7 Å². The lowest BCUT2D eigenvalue weighted by molar-refractivity contribution is -0.00000532. The smallest absolute Gasteiger partial charge is 0.179 e. The van der Waals surface area contributed by atoms with Crippen molar-refractivity contribution in [3.05, 3.63) is 46.9 Å². The zero-order valence-corrected chi connectivity index (χ0v) is 13.5. The molecule has 116 valence electrons. The average molecular weight is 331 g/mol. The van der Waals surface area contributed by atoms with Crippen LogP contribution in [0.4, 0.5) is 0 Å². The van der Waals surface area contributed by atoms with Crippen LogP contribution in [0, 0.1) is 0 Å². The fourth-order valence-corrected chi connectivity index (χ4v) is 2.24. The molecule has 0 bridgehead atoms. The van der Waals surface area contributed by atoms with Gasteiger partial charge in [-0.1, -0.05) is 11.6 Å². The van der Waals surface area contributed by atoms with Crippen LogP contribution in [-0.2, 0) is 13.1 Å². The lowest BCUT2D eigenvalue weighted by Crippen LogP contribution is -3.00. The van der Waals surface area contributed by atoms with E-state index in [0.717, 1.165) is 11.3 Å². The summed E-state index contributed by atoms with van der Waals surface area (Å²) in [6, 6.07) is 7.61. The number of methoxy groups -OCH3 is 1. The van der Waals surface area contributed by atoms with Crippen LogP contribution < -0.4 is 27.2 Å². The van der Waals surface area contributed by atoms with E-state index in [1.165, 1.54) is 0 Å². The van der Waals surface area contributed by atoms with Gasteiger partial charge in [0.05, 0.1) is 31.5 Å². The summed E-state index contributed by atoms with van der Waals surface area (Å²) in [6.07, 6.45) is 1.66. The third-order valence-electron chi connectivity index (χ3n) is 2.78. The molecular formula is C15H18Cl2NO3-. The number of rotatable bonds is 7. The number of hydrogen-bond acceptors (Lipinski definition) is 4. The van der Waals surface area contributed by atoms with Crippen molar-refractivity contribution in [3.63, 3.8) is 0 Å².